The Balaban J connectivity index is 3.27. The largest absolute Gasteiger partial charge is 0.497 e. The van der Waals surface area contributed by atoms with E-state index in [1.807, 2.05) is 0 Å². The summed E-state index contributed by atoms with van der Waals surface area (Å²) >= 11 is 2.99. The Morgan fingerprint density at radius 1 is 1.64 bits per heavy atom. The molecule has 0 spiro atoms. The maximum Gasteiger partial charge on any atom is 0.175 e. The minimum atomic E-state index is -0.645. The zero-order chi connectivity index (χ0) is 10.7. The van der Waals surface area contributed by atoms with Crippen LogP contribution in [0.15, 0.2) is 12.1 Å². The number of nitrogen functional groups attached to an aromatic ring is 1. The number of Topliss-reactive ketones (excluding diaryl/α,β-unsaturated/α-hetero) is 1. The molecule has 0 aromatic heterocycles. The summed E-state index contributed by atoms with van der Waals surface area (Å²) in [5, 5.41) is 0.101. The van der Waals surface area contributed by atoms with E-state index in [0.717, 1.165) is 6.07 Å². The van der Waals surface area contributed by atoms with Gasteiger partial charge in [0, 0.05) is 11.6 Å². The smallest absolute Gasteiger partial charge is 0.175 e. The fraction of sp³-hybridized carbons (Fsp3) is 0.222. The van der Waals surface area contributed by atoms with Gasteiger partial charge in [0.15, 0.2) is 11.6 Å². The highest BCUT2D eigenvalue weighted by Gasteiger charge is 2.13. The molecule has 0 fully saturated rings. The number of alkyl halides is 1. The Morgan fingerprint density at radius 2 is 2.29 bits per heavy atom. The lowest BCUT2D eigenvalue weighted by Gasteiger charge is -2.07. The first kappa shape index (κ1) is 11.0. The van der Waals surface area contributed by atoms with E-state index in [4.69, 9.17) is 10.5 Å². The molecule has 1 aromatic carbocycles. The Labute approximate surface area is 89.2 Å². The third-order valence-corrected chi connectivity index (χ3v) is 2.27. The molecule has 1 aromatic rings. The fourth-order valence-electron chi connectivity index (χ4n) is 1.01. The van der Waals surface area contributed by atoms with Gasteiger partial charge in [0.25, 0.3) is 0 Å². The lowest BCUT2D eigenvalue weighted by atomic mass is 10.1. The van der Waals surface area contributed by atoms with E-state index in [2.05, 4.69) is 15.9 Å². The topological polar surface area (TPSA) is 52.3 Å². The van der Waals surface area contributed by atoms with E-state index >= 15 is 0 Å². The molecule has 0 amide bonds. The molecule has 0 unspecified atom stereocenters. The van der Waals surface area contributed by atoms with E-state index in [1.54, 1.807) is 0 Å². The molecule has 5 heteroatoms. The van der Waals surface area contributed by atoms with E-state index in [9.17, 15) is 9.18 Å². The van der Waals surface area contributed by atoms with Crippen molar-refractivity contribution >= 4 is 27.4 Å². The molecular formula is C9H9BrFNO2. The van der Waals surface area contributed by atoms with Crippen molar-refractivity contribution in [2.45, 2.75) is 0 Å². The number of nitrogens with two attached hydrogens (primary N) is 1. The first-order chi connectivity index (χ1) is 6.60. The van der Waals surface area contributed by atoms with Crippen molar-refractivity contribution in [3.05, 3.63) is 23.5 Å². The minimum absolute atomic E-state index is 0.101. The van der Waals surface area contributed by atoms with Crippen molar-refractivity contribution in [1.82, 2.24) is 0 Å². The molecule has 0 radical (unpaired) electrons. The highest BCUT2D eigenvalue weighted by Crippen LogP contribution is 2.24. The summed E-state index contributed by atoms with van der Waals surface area (Å²) in [7, 11) is 1.40. The van der Waals surface area contributed by atoms with Gasteiger partial charge in [0.2, 0.25) is 0 Å². The van der Waals surface area contributed by atoms with Gasteiger partial charge in [0.05, 0.1) is 18.1 Å². The first-order valence-electron chi connectivity index (χ1n) is 3.82. The van der Waals surface area contributed by atoms with Crippen molar-refractivity contribution in [2.75, 3.05) is 18.2 Å². The number of carbonyl (C=O) groups excluding carboxylic acids is 1. The molecule has 76 valence electrons. The summed E-state index contributed by atoms with van der Waals surface area (Å²) in [6.07, 6.45) is 0. The van der Waals surface area contributed by atoms with Gasteiger partial charge < -0.3 is 10.5 Å². The Hall–Kier alpha value is -1.10. The van der Waals surface area contributed by atoms with Crippen molar-refractivity contribution < 1.29 is 13.9 Å². The third-order valence-electron chi connectivity index (χ3n) is 1.76. The monoisotopic (exact) mass is 261 g/mol. The number of hydrogen-bond acceptors (Lipinski definition) is 3. The molecule has 1 rings (SSSR count). The van der Waals surface area contributed by atoms with Crippen LogP contribution in [0.3, 0.4) is 0 Å². The predicted octanol–water partition coefficient (Wildman–Crippen LogP) is 1.99. The van der Waals surface area contributed by atoms with Crippen LogP contribution in [0.2, 0.25) is 0 Å². The molecule has 0 saturated heterocycles. The molecule has 0 heterocycles. The van der Waals surface area contributed by atoms with Crippen LogP contribution in [-0.2, 0) is 0 Å². The molecule has 0 aliphatic carbocycles. The average molecular weight is 262 g/mol. The molecule has 3 nitrogen and oxygen atoms in total. The second-order valence-electron chi connectivity index (χ2n) is 2.63. The summed E-state index contributed by atoms with van der Waals surface area (Å²) in [5.74, 6) is -0.644. The lowest BCUT2D eigenvalue weighted by Crippen LogP contribution is -2.07. The third kappa shape index (κ3) is 2.04. The molecule has 0 saturated carbocycles. The van der Waals surface area contributed by atoms with Gasteiger partial charge in [-0.05, 0) is 6.07 Å². The molecule has 0 atom stereocenters. The average Bonchev–Trinajstić information content (AvgIpc) is 2.20. The minimum Gasteiger partial charge on any atom is -0.497 e. The second kappa shape index (κ2) is 4.41. The van der Waals surface area contributed by atoms with Crippen LogP contribution in [0.4, 0.5) is 10.1 Å². The van der Waals surface area contributed by atoms with Crippen LogP contribution in [0.25, 0.3) is 0 Å². The fourth-order valence-corrected chi connectivity index (χ4v) is 1.32. The number of ketones is 1. The molecule has 2 N–H and O–H groups in total. The zero-order valence-electron chi connectivity index (χ0n) is 7.51. The SMILES string of the molecule is COc1cc(F)c(N)c(C(=O)CBr)c1. The summed E-state index contributed by atoms with van der Waals surface area (Å²) in [5.41, 5.74) is 5.40. The maximum atomic E-state index is 13.2. The number of benzene rings is 1. The van der Waals surface area contributed by atoms with Crippen LogP contribution in [0, 0.1) is 5.82 Å². The number of methoxy groups -OCH3 is 1. The highest BCUT2D eigenvalue weighted by molar-refractivity contribution is 9.09. The van der Waals surface area contributed by atoms with Gasteiger partial charge >= 0.3 is 0 Å². The molecule has 0 bridgehead atoms. The highest BCUT2D eigenvalue weighted by atomic mass is 79.9. The van der Waals surface area contributed by atoms with E-state index in [0.29, 0.717) is 0 Å². The predicted molar refractivity (Wildman–Crippen MR) is 55.5 cm³/mol. The van der Waals surface area contributed by atoms with Crippen LogP contribution in [0.5, 0.6) is 5.75 Å². The number of halogens is 2. The number of hydrogen-bond donors (Lipinski definition) is 1. The normalized spacial score (nSPS) is 9.93. The van der Waals surface area contributed by atoms with Gasteiger partial charge in [-0.3, -0.25) is 4.79 Å². The summed E-state index contributed by atoms with van der Waals surface area (Å²) in [6, 6.07) is 2.56. The van der Waals surface area contributed by atoms with Crippen LogP contribution >= 0.6 is 15.9 Å². The van der Waals surface area contributed by atoms with Gasteiger partial charge in [-0.15, -0.1) is 0 Å². The van der Waals surface area contributed by atoms with E-state index < -0.39 is 5.82 Å². The summed E-state index contributed by atoms with van der Waals surface area (Å²) in [4.78, 5) is 11.3. The summed E-state index contributed by atoms with van der Waals surface area (Å²) in [6.45, 7) is 0. The standard InChI is InChI=1S/C9H9BrFNO2/c1-14-5-2-6(8(13)4-10)9(12)7(11)3-5/h2-3H,4,12H2,1H3. The van der Waals surface area contributed by atoms with Crippen LogP contribution in [0.1, 0.15) is 10.4 Å². The van der Waals surface area contributed by atoms with Crippen LogP contribution < -0.4 is 10.5 Å². The molecule has 14 heavy (non-hydrogen) atoms. The zero-order valence-corrected chi connectivity index (χ0v) is 9.10. The Morgan fingerprint density at radius 3 is 2.79 bits per heavy atom. The quantitative estimate of drug-likeness (QED) is 0.515. The summed E-state index contributed by atoms with van der Waals surface area (Å²) < 4.78 is 18.0. The van der Waals surface area contributed by atoms with Gasteiger partial charge in [-0.1, -0.05) is 15.9 Å². The van der Waals surface area contributed by atoms with E-state index in [-0.39, 0.29) is 28.1 Å². The lowest BCUT2D eigenvalue weighted by molar-refractivity contribution is 0.102. The molecule has 0 aliphatic heterocycles. The van der Waals surface area contributed by atoms with Gasteiger partial charge in [0.1, 0.15) is 5.75 Å². The number of ether oxygens (including phenoxy) is 1. The van der Waals surface area contributed by atoms with Crippen molar-refractivity contribution in [3.63, 3.8) is 0 Å². The maximum absolute atomic E-state index is 13.2. The molecular weight excluding hydrogens is 253 g/mol. The number of carbonyl (C=O) groups is 1. The van der Waals surface area contributed by atoms with Gasteiger partial charge in [-0.2, -0.15) is 0 Å². The van der Waals surface area contributed by atoms with Crippen molar-refractivity contribution in [1.29, 1.82) is 0 Å². The van der Waals surface area contributed by atoms with Crippen molar-refractivity contribution in [3.8, 4) is 5.75 Å². The van der Waals surface area contributed by atoms with Crippen molar-refractivity contribution in [2.24, 2.45) is 0 Å². The number of rotatable bonds is 3. The number of anilines is 1. The van der Waals surface area contributed by atoms with E-state index in [1.165, 1.54) is 13.2 Å². The Kier molecular flexibility index (Phi) is 3.46. The van der Waals surface area contributed by atoms with Crippen LogP contribution in [-0.4, -0.2) is 18.2 Å². The first-order valence-corrected chi connectivity index (χ1v) is 4.94. The Bertz CT molecular complexity index is 368. The second-order valence-corrected chi connectivity index (χ2v) is 3.19. The van der Waals surface area contributed by atoms with Gasteiger partial charge in [-0.25, -0.2) is 4.39 Å². The molecule has 0 aliphatic rings.